The molecular weight excluding hydrogens is 279 g/mol. The van der Waals surface area contributed by atoms with Gasteiger partial charge in [0.25, 0.3) is 0 Å². The number of nitrogen functional groups attached to an aromatic ring is 1. The van der Waals surface area contributed by atoms with Crippen LogP contribution in [-0.4, -0.2) is 31.5 Å². The van der Waals surface area contributed by atoms with Crippen LogP contribution in [0.25, 0.3) is 0 Å². The van der Waals surface area contributed by atoms with Crippen LogP contribution in [0.5, 0.6) is 0 Å². The summed E-state index contributed by atoms with van der Waals surface area (Å²) in [6.07, 6.45) is 0. The summed E-state index contributed by atoms with van der Waals surface area (Å²) in [4.78, 5) is 0. The first-order valence-electron chi connectivity index (χ1n) is 4.69. The highest BCUT2D eigenvalue weighted by Gasteiger charge is 2.11. The highest BCUT2D eigenvalue weighted by Crippen LogP contribution is 2.27. The molecule has 0 saturated carbocycles. The monoisotopic (exact) mass is 292 g/mol. The smallest absolute Gasteiger partial charge is 0.139 e. The predicted molar refractivity (Wildman–Crippen MR) is 64.9 cm³/mol. The Hall–Kier alpha value is -0.850. The van der Waals surface area contributed by atoms with Gasteiger partial charge in [0.05, 0.1) is 35.1 Å². The van der Waals surface area contributed by atoms with Gasteiger partial charge in [0.1, 0.15) is 5.82 Å². The van der Waals surface area contributed by atoms with Gasteiger partial charge in [-0.15, -0.1) is 0 Å². The van der Waals surface area contributed by atoms with E-state index in [1.807, 2.05) is 0 Å². The maximum Gasteiger partial charge on any atom is 0.139 e. The number of benzene rings is 1. The number of hydrogen-bond donors (Lipinski definition) is 3. The second kappa shape index (κ2) is 6.03. The van der Waals surface area contributed by atoms with Crippen molar-refractivity contribution in [3.05, 3.63) is 22.4 Å². The summed E-state index contributed by atoms with van der Waals surface area (Å²) in [6, 6.07) is 2.47. The lowest BCUT2D eigenvalue weighted by molar-refractivity contribution is 0.153. The van der Waals surface area contributed by atoms with E-state index in [0.29, 0.717) is 16.8 Å². The Kier molecular flexibility index (Phi) is 4.98. The Morgan fingerprint density at radius 2 is 2.31 bits per heavy atom. The number of aliphatic hydroxyl groups excluding tert-OH is 1. The molecule has 16 heavy (non-hydrogen) atoms. The van der Waals surface area contributed by atoms with E-state index in [1.54, 1.807) is 0 Å². The van der Waals surface area contributed by atoms with Crippen LogP contribution < -0.4 is 11.1 Å². The number of nitrogens with one attached hydrogen (secondary N) is 1. The van der Waals surface area contributed by atoms with E-state index in [1.165, 1.54) is 19.2 Å². The molecule has 0 aliphatic heterocycles. The van der Waals surface area contributed by atoms with Crippen molar-refractivity contribution in [1.82, 2.24) is 0 Å². The van der Waals surface area contributed by atoms with Crippen LogP contribution in [0.2, 0.25) is 0 Å². The Labute approximate surface area is 102 Å². The van der Waals surface area contributed by atoms with Crippen molar-refractivity contribution in [2.45, 2.75) is 6.04 Å². The van der Waals surface area contributed by atoms with Gasteiger partial charge in [-0.25, -0.2) is 4.39 Å². The third-order valence-electron chi connectivity index (χ3n) is 2.04. The fourth-order valence-corrected chi connectivity index (χ4v) is 1.59. The SMILES string of the molecule is COCC(CO)Nc1cc(Br)c(F)cc1N. The molecule has 0 aliphatic rings. The van der Waals surface area contributed by atoms with E-state index < -0.39 is 5.82 Å². The van der Waals surface area contributed by atoms with E-state index in [-0.39, 0.29) is 18.3 Å². The molecule has 0 saturated heterocycles. The second-order valence-electron chi connectivity index (χ2n) is 3.33. The largest absolute Gasteiger partial charge is 0.397 e. The standard InChI is InChI=1S/C10H14BrFN2O2/c1-16-5-6(4-15)14-10-2-7(11)8(12)3-9(10)13/h2-3,6,14-15H,4-5,13H2,1H3. The summed E-state index contributed by atoms with van der Waals surface area (Å²) in [5.41, 5.74) is 6.49. The van der Waals surface area contributed by atoms with Gasteiger partial charge in [-0.3, -0.25) is 0 Å². The van der Waals surface area contributed by atoms with Gasteiger partial charge in [0.15, 0.2) is 0 Å². The topological polar surface area (TPSA) is 67.5 Å². The highest BCUT2D eigenvalue weighted by atomic mass is 79.9. The molecular formula is C10H14BrFN2O2. The third kappa shape index (κ3) is 3.33. The molecule has 0 fully saturated rings. The summed E-state index contributed by atoms with van der Waals surface area (Å²) in [5.74, 6) is -0.421. The van der Waals surface area contributed by atoms with Crippen molar-refractivity contribution in [2.75, 3.05) is 31.4 Å². The van der Waals surface area contributed by atoms with Crippen LogP contribution in [0.15, 0.2) is 16.6 Å². The van der Waals surface area contributed by atoms with Gasteiger partial charge in [-0.05, 0) is 22.0 Å². The van der Waals surface area contributed by atoms with Gasteiger partial charge in [0, 0.05) is 13.2 Å². The first-order chi connectivity index (χ1) is 7.58. The maximum atomic E-state index is 13.1. The zero-order valence-corrected chi connectivity index (χ0v) is 10.4. The van der Waals surface area contributed by atoms with Crippen LogP contribution in [-0.2, 0) is 4.74 Å². The molecule has 90 valence electrons. The minimum Gasteiger partial charge on any atom is -0.397 e. The lowest BCUT2D eigenvalue weighted by Gasteiger charge is -2.18. The molecule has 1 aromatic rings. The van der Waals surface area contributed by atoms with Gasteiger partial charge in [-0.1, -0.05) is 0 Å². The molecule has 0 aromatic heterocycles. The van der Waals surface area contributed by atoms with Crippen LogP contribution in [0.4, 0.5) is 15.8 Å². The molecule has 4 nitrogen and oxygen atoms in total. The van der Waals surface area contributed by atoms with Gasteiger partial charge < -0.3 is 20.9 Å². The average Bonchev–Trinajstić information content (AvgIpc) is 2.25. The first kappa shape index (κ1) is 13.2. The Bertz CT molecular complexity index is 363. The molecule has 0 radical (unpaired) electrons. The molecule has 0 aliphatic carbocycles. The van der Waals surface area contributed by atoms with Gasteiger partial charge in [0.2, 0.25) is 0 Å². The normalized spacial score (nSPS) is 12.5. The summed E-state index contributed by atoms with van der Waals surface area (Å²) < 4.78 is 18.3. The number of anilines is 2. The van der Waals surface area contributed by atoms with E-state index in [0.717, 1.165) is 0 Å². The Balaban J connectivity index is 2.83. The van der Waals surface area contributed by atoms with Crippen molar-refractivity contribution >= 4 is 27.3 Å². The molecule has 1 aromatic carbocycles. The summed E-state index contributed by atoms with van der Waals surface area (Å²) in [6.45, 7) is 0.243. The fraction of sp³-hybridized carbons (Fsp3) is 0.400. The van der Waals surface area contributed by atoms with Crippen molar-refractivity contribution in [2.24, 2.45) is 0 Å². The number of ether oxygens (including phenoxy) is 1. The number of rotatable bonds is 5. The van der Waals surface area contributed by atoms with Crippen LogP contribution in [0.1, 0.15) is 0 Å². The lowest BCUT2D eigenvalue weighted by Crippen LogP contribution is -2.29. The minimum absolute atomic E-state index is 0.0950. The highest BCUT2D eigenvalue weighted by molar-refractivity contribution is 9.10. The molecule has 0 heterocycles. The van der Waals surface area contributed by atoms with Crippen LogP contribution in [0, 0.1) is 5.82 Å². The quantitative estimate of drug-likeness (QED) is 0.721. The maximum absolute atomic E-state index is 13.1. The Morgan fingerprint density at radius 1 is 1.62 bits per heavy atom. The lowest BCUT2D eigenvalue weighted by atomic mass is 10.2. The van der Waals surface area contributed by atoms with Crippen LogP contribution in [0.3, 0.4) is 0 Å². The molecule has 6 heteroatoms. The molecule has 0 bridgehead atoms. The average molecular weight is 293 g/mol. The third-order valence-corrected chi connectivity index (χ3v) is 2.65. The second-order valence-corrected chi connectivity index (χ2v) is 4.19. The van der Waals surface area contributed by atoms with Crippen molar-refractivity contribution in [3.63, 3.8) is 0 Å². The predicted octanol–water partition coefficient (Wildman–Crippen LogP) is 1.59. The van der Waals surface area contributed by atoms with E-state index in [9.17, 15) is 4.39 Å². The number of aliphatic hydroxyl groups is 1. The van der Waals surface area contributed by atoms with E-state index in [4.69, 9.17) is 15.6 Å². The zero-order chi connectivity index (χ0) is 12.1. The van der Waals surface area contributed by atoms with Crippen molar-refractivity contribution < 1.29 is 14.2 Å². The van der Waals surface area contributed by atoms with Gasteiger partial charge in [-0.2, -0.15) is 0 Å². The summed E-state index contributed by atoms with van der Waals surface area (Å²) >= 11 is 3.07. The molecule has 0 amide bonds. The number of methoxy groups -OCH3 is 1. The molecule has 1 atom stereocenters. The Morgan fingerprint density at radius 3 is 2.88 bits per heavy atom. The number of halogens is 2. The first-order valence-corrected chi connectivity index (χ1v) is 5.48. The molecule has 4 N–H and O–H groups in total. The van der Waals surface area contributed by atoms with Crippen molar-refractivity contribution in [3.8, 4) is 0 Å². The fourth-order valence-electron chi connectivity index (χ4n) is 1.25. The van der Waals surface area contributed by atoms with Crippen molar-refractivity contribution in [1.29, 1.82) is 0 Å². The molecule has 1 rings (SSSR count). The van der Waals surface area contributed by atoms with Gasteiger partial charge >= 0.3 is 0 Å². The van der Waals surface area contributed by atoms with E-state index >= 15 is 0 Å². The summed E-state index contributed by atoms with van der Waals surface area (Å²) in [5, 5.41) is 12.0. The minimum atomic E-state index is -0.421. The van der Waals surface area contributed by atoms with E-state index in [2.05, 4.69) is 21.2 Å². The summed E-state index contributed by atoms with van der Waals surface area (Å²) in [7, 11) is 1.54. The molecule has 0 spiro atoms. The number of nitrogens with two attached hydrogens (primary N) is 1. The zero-order valence-electron chi connectivity index (χ0n) is 8.84. The van der Waals surface area contributed by atoms with Crippen LogP contribution >= 0.6 is 15.9 Å². The molecule has 1 unspecified atom stereocenters. The number of hydrogen-bond acceptors (Lipinski definition) is 4.